The molecule has 0 amide bonds. The SMILES string of the molecule is CCOP(=O)(O)Cc1ccc(I)cc1. The van der Waals surface area contributed by atoms with Crippen LogP contribution in [0.3, 0.4) is 0 Å². The molecule has 1 aromatic rings. The van der Waals surface area contributed by atoms with E-state index in [-0.39, 0.29) is 12.8 Å². The Balaban J connectivity index is 2.69. The molecule has 3 nitrogen and oxygen atoms in total. The Bertz CT molecular complexity index is 336. The Morgan fingerprint density at radius 2 is 2.00 bits per heavy atom. The summed E-state index contributed by atoms with van der Waals surface area (Å²) >= 11 is 2.19. The van der Waals surface area contributed by atoms with Gasteiger partial charge in [-0.15, -0.1) is 0 Å². The maximum absolute atomic E-state index is 11.4. The molecule has 0 bridgehead atoms. The molecule has 1 atom stereocenters. The van der Waals surface area contributed by atoms with Gasteiger partial charge in [-0.3, -0.25) is 4.57 Å². The molecule has 1 aromatic carbocycles. The fraction of sp³-hybridized carbons (Fsp3) is 0.333. The molecule has 0 saturated heterocycles. The van der Waals surface area contributed by atoms with Gasteiger partial charge >= 0.3 is 7.60 Å². The van der Waals surface area contributed by atoms with Crippen LogP contribution in [0.4, 0.5) is 0 Å². The highest BCUT2D eigenvalue weighted by Gasteiger charge is 2.18. The Labute approximate surface area is 97.2 Å². The van der Waals surface area contributed by atoms with Gasteiger partial charge in [-0.2, -0.15) is 0 Å². The number of benzene rings is 1. The second-order valence-electron chi connectivity index (χ2n) is 2.84. The van der Waals surface area contributed by atoms with Crippen LogP contribution in [0.25, 0.3) is 0 Å². The predicted octanol–water partition coefficient (Wildman–Crippen LogP) is 3.01. The van der Waals surface area contributed by atoms with Crippen LogP contribution in [0, 0.1) is 3.57 Å². The van der Waals surface area contributed by atoms with E-state index in [4.69, 9.17) is 4.52 Å². The quantitative estimate of drug-likeness (QED) is 0.683. The van der Waals surface area contributed by atoms with E-state index in [0.717, 1.165) is 9.13 Å². The Kier molecular flexibility index (Phi) is 4.57. The summed E-state index contributed by atoms with van der Waals surface area (Å²) in [6.07, 6.45) is 0.0811. The van der Waals surface area contributed by atoms with Gasteiger partial charge in [-0.25, -0.2) is 0 Å². The molecule has 78 valence electrons. The zero-order valence-corrected chi connectivity index (χ0v) is 10.9. The van der Waals surface area contributed by atoms with Gasteiger partial charge in [0.15, 0.2) is 0 Å². The summed E-state index contributed by atoms with van der Waals surface area (Å²) in [5, 5.41) is 0. The molecule has 1 unspecified atom stereocenters. The van der Waals surface area contributed by atoms with Crippen molar-refractivity contribution in [3.63, 3.8) is 0 Å². The van der Waals surface area contributed by atoms with Crippen molar-refractivity contribution >= 4 is 30.2 Å². The van der Waals surface area contributed by atoms with Crippen molar-refractivity contribution in [2.45, 2.75) is 13.1 Å². The Morgan fingerprint density at radius 3 is 2.50 bits per heavy atom. The summed E-state index contributed by atoms with van der Waals surface area (Å²) in [5.74, 6) is 0. The molecule has 0 spiro atoms. The zero-order valence-electron chi connectivity index (χ0n) is 7.81. The Morgan fingerprint density at radius 1 is 1.43 bits per heavy atom. The van der Waals surface area contributed by atoms with E-state index in [0.29, 0.717) is 0 Å². The van der Waals surface area contributed by atoms with E-state index in [1.165, 1.54) is 0 Å². The van der Waals surface area contributed by atoms with Crippen LogP contribution >= 0.6 is 30.2 Å². The van der Waals surface area contributed by atoms with Gasteiger partial charge in [0.25, 0.3) is 0 Å². The smallest absolute Gasteiger partial charge is 0.324 e. The number of rotatable bonds is 4. The molecule has 0 fully saturated rings. The number of hydrogen-bond donors (Lipinski definition) is 1. The minimum atomic E-state index is -3.43. The summed E-state index contributed by atoms with van der Waals surface area (Å²) in [6.45, 7) is 1.97. The van der Waals surface area contributed by atoms with Crippen molar-refractivity contribution < 1.29 is 14.0 Å². The maximum Gasteiger partial charge on any atom is 0.332 e. The number of halogens is 1. The van der Waals surface area contributed by atoms with E-state index in [9.17, 15) is 9.46 Å². The molecular formula is C9H12IO3P. The monoisotopic (exact) mass is 326 g/mol. The molecule has 1 rings (SSSR count). The van der Waals surface area contributed by atoms with Gasteiger partial charge in [0.2, 0.25) is 0 Å². The first kappa shape index (κ1) is 12.2. The highest BCUT2D eigenvalue weighted by atomic mass is 127. The first-order chi connectivity index (χ1) is 6.53. The maximum atomic E-state index is 11.4. The van der Waals surface area contributed by atoms with Crippen LogP contribution < -0.4 is 0 Å². The van der Waals surface area contributed by atoms with Gasteiger partial charge in [0.1, 0.15) is 0 Å². The molecule has 0 saturated carbocycles. The second kappa shape index (κ2) is 5.26. The van der Waals surface area contributed by atoms with Crippen LogP contribution in [0.2, 0.25) is 0 Å². The first-order valence-corrected chi connectivity index (χ1v) is 7.08. The fourth-order valence-corrected chi connectivity index (χ4v) is 2.59. The largest absolute Gasteiger partial charge is 0.332 e. The normalized spacial score (nSPS) is 15.1. The third-order valence-corrected chi connectivity index (χ3v) is 3.77. The summed E-state index contributed by atoms with van der Waals surface area (Å²) in [4.78, 5) is 9.37. The molecular weight excluding hydrogens is 314 g/mol. The van der Waals surface area contributed by atoms with E-state index in [1.54, 1.807) is 6.92 Å². The second-order valence-corrected chi connectivity index (χ2v) is 5.93. The molecule has 1 N–H and O–H groups in total. The van der Waals surface area contributed by atoms with Crippen molar-refractivity contribution in [2.24, 2.45) is 0 Å². The van der Waals surface area contributed by atoms with Crippen LogP contribution in [-0.2, 0) is 15.3 Å². The fourth-order valence-electron chi connectivity index (χ4n) is 1.07. The zero-order chi connectivity index (χ0) is 10.6. The minimum absolute atomic E-state index is 0.0811. The average Bonchev–Trinajstić information content (AvgIpc) is 2.08. The van der Waals surface area contributed by atoms with Gasteiger partial charge in [0.05, 0.1) is 12.8 Å². The van der Waals surface area contributed by atoms with Crippen LogP contribution in [0.15, 0.2) is 24.3 Å². The topological polar surface area (TPSA) is 46.5 Å². The molecule has 5 heteroatoms. The first-order valence-electron chi connectivity index (χ1n) is 4.24. The lowest BCUT2D eigenvalue weighted by molar-refractivity contribution is 0.272. The van der Waals surface area contributed by atoms with E-state index in [1.807, 2.05) is 24.3 Å². The van der Waals surface area contributed by atoms with Gasteiger partial charge in [-0.05, 0) is 47.2 Å². The predicted molar refractivity (Wildman–Crippen MR) is 64.3 cm³/mol. The molecule has 0 aliphatic rings. The molecule has 0 heterocycles. The highest BCUT2D eigenvalue weighted by Crippen LogP contribution is 2.45. The number of hydrogen-bond acceptors (Lipinski definition) is 2. The third kappa shape index (κ3) is 4.09. The van der Waals surface area contributed by atoms with Crippen molar-refractivity contribution in [2.75, 3.05) is 6.61 Å². The van der Waals surface area contributed by atoms with Gasteiger partial charge in [0, 0.05) is 3.57 Å². The lowest BCUT2D eigenvalue weighted by atomic mass is 10.2. The summed E-state index contributed by atoms with van der Waals surface area (Å²) in [6, 6.07) is 7.48. The van der Waals surface area contributed by atoms with Crippen molar-refractivity contribution in [1.29, 1.82) is 0 Å². The lowest BCUT2D eigenvalue weighted by Gasteiger charge is -2.10. The average molecular weight is 326 g/mol. The van der Waals surface area contributed by atoms with Crippen molar-refractivity contribution in [3.8, 4) is 0 Å². The van der Waals surface area contributed by atoms with Crippen LogP contribution in [-0.4, -0.2) is 11.5 Å². The van der Waals surface area contributed by atoms with Crippen molar-refractivity contribution in [3.05, 3.63) is 33.4 Å². The third-order valence-electron chi connectivity index (χ3n) is 1.63. The molecule has 0 aromatic heterocycles. The van der Waals surface area contributed by atoms with Gasteiger partial charge in [-0.1, -0.05) is 12.1 Å². The Hall–Kier alpha value is 0.100. The van der Waals surface area contributed by atoms with Crippen LogP contribution in [0.5, 0.6) is 0 Å². The molecule has 0 aliphatic heterocycles. The van der Waals surface area contributed by atoms with Crippen LogP contribution in [0.1, 0.15) is 12.5 Å². The molecule has 0 radical (unpaired) electrons. The highest BCUT2D eigenvalue weighted by molar-refractivity contribution is 14.1. The van der Waals surface area contributed by atoms with E-state index in [2.05, 4.69) is 22.6 Å². The standard InChI is InChI=1S/C9H12IO3P/c1-2-13-14(11,12)7-8-3-5-9(10)6-4-8/h3-6H,2,7H2,1H3,(H,11,12). The summed E-state index contributed by atoms with van der Waals surface area (Å²) in [5.41, 5.74) is 0.824. The van der Waals surface area contributed by atoms with E-state index < -0.39 is 7.60 Å². The summed E-state index contributed by atoms with van der Waals surface area (Å²) in [7, 11) is -3.43. The molecule has 0 aliphatic carbocycles. The summed E-state index contributed by atoms with van der Waals surface area (Å²) < 4.78 is 17.3. The van der Waals surface area contributed by atoms with Gasteiger partial charge < -0.3 is 9.42 Å². The molecule has 14 heavy (non-hydrogen) atoms. The lowest BCUT2D eigenvalue weighted by Crippen LogP contribution is -1.93. The minimum Gasteiger partial charge on any atom is -0.324 e. The van der Waals surface area contributed by atoms with E-state index >= 15 is 0 Å². The van der Waals surface area contributed by atoms with Crippen molar-refractivity contribution in [1.82, 2.24) is 0 Å².